The summed E-state index contributed by atoms with van der Waals surface area (Å²) in [5.74, 6) is -0.562. The Morgan fingerprint density at radius 1 is 1.08 bits per heavy atom. The molecule has 1 aromatic carbocycles. The second kappa shape index (κ2) is 7.34. The van der Waals surface area contributed by atoms with Crippen molar-refractivity contribution in [2.45, 2.75) is 31.5 Å². The molecule has 1 aromatic heterocycles. The number of alkyl halides is 6. The molecular formula is C15H15F6N3O. The molecule has 4 nitrogen and oxygen atoms in total. The number of halogens is 6. The zero-order valence-corrected chi connectivity index (χ0v) is 13.0. The van der Waals surface area contributed by atoms with E-state index in [4.69, 9.17) is 0 Å². The lowest BCUT2D eigenvalue weighted by molar-refractivity contribution is -0.304. The maximum Gasteiger partial charge on any atom is 0.439 e. The third kappa shape index (κ3) is 5.38. The van der Waals surface area contributed by atoms with Gasteiger partial charge in [0.05, 0.1) is 6.20 Å². The molecule has 138 valence electrons. The molecule has 10 heteroatoms. The summed E-state index contributed by atoms with van der Waals surface area (Å²) >= 11 is 0. The fraction of sp³-hybridized carbons (Fsp3) is 0.400. The molecule has 1 atom stereocenters. The average Bonchev–Trinajstić information content (AvgIpc) is 2.92. The highest BCUT2D eigenvalue weighted by Crippen LogP contribution is 2.36. The largest absolute Gasteiger partial charge is 0.439 e. The third-order valence-corrected chi connectivity index (χ3v) is 3.18. The van der Waals surface area contributed by atoms with E-state index in [1.165, 1.54) is 12.1 Å². The Morgan fingerprint density at radius 3 is 2.20 bits per heavy atom. The van der Waals surface area contributed by atoms with Crippen molar-refractivity contribution in [2.24, 2.45) is 7.05 Å². The highest BCUT2D eigenvalue weighted by Gasteiger charge is 2.59. The first kappa shape index (κ1) is 19.1. The quantitative estimate of drug-likeness (QED) is 0.761. The van der Waals surface area contributed by atoms with Gasteiger partial charge in [-0.15, -0.1) is 0 Å². The molecule has 0 fully saturated rings. The number of benzene rings is 1. The second-order valence-electron chi connectivity index (χ2n) is 5.34. The lowest BCUT2D eigenvalue weighted by atomic mass is 10.2. The summed E-state index contributed by atoms with van der Waals surface area (Å²) in [4.78, 5) is 0. The summed E-state index contributed by atoms with van der Waals surface area (Å²) in [6.07, 6.45) is -11.6. The number of nitrogens with one attached hydrogen (secondary N) is 1. The van der Waals surface area contributed by atoms with E-state index < -0.39 is 24.2 Å². The van der Waals surface area contributed by atoms with Crippen LogP contribution in [0.15, 0.2) is 36.7 Å². The minimum atomic E-state index is -5.71. The summed E-state index contributed by atoms with van der Waals surface area (Å²) in [5.41, 5.74) is 1.63. The Bertz CT molecular complexity index is 683. The van der Waals surface area contributed by atoms with E-state index in [-0.39, 0.29) is 0 Å². The van der Waals surface area contributed by atoms with Crippen LogP contribution in [0.1, 0.15) is 11.1 Å². The molecule has 0 spiro atoms. The summed E-state index contributed by atoms with van der Waals surface area (Å²) in [6, 6.07) is 4.89. The molecule has 0 aliphatic carbocycles. The van der Waals surface area contributed by atoms with Gasteiger partial charge in [-0.3, -0.25) is 4.68 Å². The van der Waals surface area contributed by atoms with Gasteiger partial charge in [0, 0.05) is 31.9 Å². The van der Waals surface area contributed by atoms with Crippen LogP contribution in [0.5, 0.6) is 5.75 Å². The van der Waals surface area contributed by atoms with Gasteiger partial charge in [0.15, 0.2) is 0 Å². The fourth-order valence-electron chi connectivity index (χ4n) is 1.99. The molecule has 0 bridgehead atoms. The number of hydrogen-bond donors (Lipinski definition) is 1. The van der Waals surface area contributed by atoms with Crippen molar-refractivity contribution in [3.05, 3.63) is 47.8 Å². The van der Waals surface area contributed by atoms with Crippen molar-refractivity contribution in [3.8, 4) is 5.75 Å². The first-order chi connectivity index (χ1) is 11.6. The SMILES string of the molecule is Cn1cc(CNCc2ccc(OC(F)(F)C(F)C(F)(F)F)cc2)cn1. The third-order valence-electron chi connectivity index (χ3n) is 3.18. The van der Waals surface area contributed by atoms with Gasteiger partial charge in [-0.2, -0.15) is 27.1 Å². The lowest BCUT2D eigenvalue weighted by Crippen LogP contribution is -2.45. The summed E-state index contributed by atoms with van der Waals surface area (Å²) in [7, 11) is 1.78. The van der Waals surface area contributed by atoms with Crippen molar-refractivity contribution in [1.29, 1.82) is 0 Å². The van der Waals surface area contributed by atoms with Crippen LogP contribution >= 0.6 is 0 Å². The molecule has 1 heterocycles. The zero-order valence-electron chi connectivity index (χ0n) is 13.0. The van der Waals surface area contributed by atoms with Crippen molar-refractivity contribution in [1.82, 2.24) is 15.1 Å². The van der Waals surface area contributed by atoms with Gasteiger partial charge >= 0.3 is 12.3 Å². The monoisotopic (exact) mass is 367 g/mol. The van der Waals surface area contributed by atoms with E-state index in [9.17, 15) is 26.3 Å². The van der Waals surface area contributed by atoms with E-state index in [2.05, 4.69) is 15.2 Å². The normalized spacial score (nSPS) is 13.7. The van der Waals surface area contributed by atoms with Gasteiger partial charge in [-0.1, -0.05) is 12.1 Å². The number of nitrogens with zero attached hydrogens (tertiary/aromatic N) is 2. The Hall–Kier alpha value is -2.23. The molecule has 0 radical (unpaired) electrons. The first-order valence-electron chi connectivity index (χ1n) is 7.13. The number of ether oxygens (including phenoxy) is 1. The molecule has 0 amide bonds. The minimum Gasteiger partial charge on any atom is -0.430 e. The van der Waals surface area contributed by atoms with Crippen LogP contribution in [-0.4, -0.2) is 28.2 Å². The van der Waals surface area contributed by atoms with Crippen molar-refractivity contribution < 1.29 is 31.1 Å². The smallest absolute Gasteiger partial charge is 0.430 e. The van der Waals surface area contributed by atoms with Gasteiger partial charge in [-0.05, 0) is 17.7 Å². The van der Waals surface area contributed by atoms with Crippen LogP contribution in [0.4, 0.5) is 26.3 Å². The van der Waals surface area contributed by atoms with E-state index in [1.54, 1.807) is 17.9 Å². The highest BCUT2D eigenvalue weighted by molar-refractivity contribution is 5.27. The number of aromatic nitrogens is 2. The van der Waals surface area contributed by atoms with Crippen molar-refractivity contribution in [3.63, 3.8) is 0 Å². The van der Waals surface area contributed by atoms with Crippen LogP contribution < -0.4 is 10.1 Å². The van der Waals surface area contributed by atoms with Crippen molar-refractivity contribution >= 4 is 0 Å². The summed E-state index contributed by atoms with van der Waals surface area (Å²) < 4.78 is 80.7. The molecule has 0 saturated heterocycles. The lowest BCUT2D eigenvalue weighted by Gasteiger charge is -2.23. The van der Waals surface area contributed by atoms with Crippen LogP contribution in [0.2, 0.25) is 0 Å². The van der Waals surface area contributed by atoms with E-state index in [1.807, 2.05) is 6.20 Å². The molecular weight excluding hydrogens is 352 g/mol. The van der Waals surface area contributed by atoms with Gasteiger partial charge in [-0.25, -0.2) is 4.39 Å². The first-order valence-corrected chi connectivity index (χ1v) is 7.13. The maximum absolute atomic E-state index is 13.2. The number of rotatable bonds is 7. The molecule has 25 heavy (non-hydrogen) atoms. The van der Waals surface area contributed by atoms with E-state index >= 15 is 0 Å². The van der Waals surface area contributed by atoms with E-state index in [0.29, 0.717) is 18.7 Å². The number of hydrogen-bond acceptors (Lipinski definition) is 3. The Kier molecular flexibility index (Phi) is 5.61. The second-order valence-corrected chi connectivity index (χ2v) is 5.34. The van der Waals surface area contributed by atoms with Gasteiger partial charge < -0.3 is 10.1 Å². The average molecular weight is 367 g/mol. The van der Waals surface area contributed by atoms with E-state index in [0.717, 1.165) is 17.7 Å². The fourth-order valence-corrected chi connectivity index (χ4v) is 1.99. The Morgan fingerprint density at radius 2 is 1.68 bits per heavy atom. The van der Waals surface area contributed by atoms with Crippen LogP contribution in [0.25, 0.3) is 0 Å². The zero-order chi connectivity index (χ0) is 18.7. The predicted octanol–water partition coefficient (Wildman–Crippen LogP) is 3.58. The molecule has 2 aromatic rings. The summed E-state index contributed by atoms with van der Waals surface area (Å²) in [6.45, 7) is 0.916. The highest BCUT2D eigenvalue weighted by atomic mass is 19.4. The topological polar surface area (TPSA) is 39.1 Å². The maximum atomic E-state index is 13.2. The van der Waals surface area contributed by atoms with Crippen molar-refractivity contribution in [2.75, 3.05) is 0 Å². The Labute approximate surface area is 139 Å². The van der Waals surface area contributed by atoms with Crippen LogP contribution in [0.3, 0.4) is 0 Å². The summed E-state index contributed by atoms with van der Waals surface area (Å²) in [5, 5.41) is 7.08. The molecule has 0 aliphatic rings. The predicted molar refractivity (Wildman–Crippen MR) is 76.7 cm³/mol. The molecule has 1 N–H and O–H groups in total. The number of aryl methyl sites for hydroxylation is 1. The minimum absolute atomic E-state index is 0.389. The standard InChI is InChI=1S/C15H15F6N3O/c1-24-9-11(8-23-24)7-22-6-10-2-4-12(5-3-10)25-15(20,21)13(16)14(17,18)19/h2-5,8-9,13,22H,6-7H2,1H3. The molecule has 1 unspecified atom stereocenters. The van der Waals surface area contributed by atoms with Gasteiger partial charge in [0.2, 0.25) is 0 Å². The van der Waals surface area contributed by atoms with Gasteiger partial charge in [0.25, 0.3) is 6.17 Å². The van der Waals surface area contributed by atoms with Gasteiger partial charge in [0.1, 0.15) is 5.75 Å². The molecule has 0 aliphatic heterocycles. The Balaban J connectivity index is 1.88. The van der Waals surface area contributed by atoms with Crippen LogP contribution in [0, 0.1) is 0 Å². The van der Waals surface area contributed by atoms with Crippen LogP contribution in [-0.2, 0) is 20.1 Å². The molecule has 2 rings (SSSR count). The molecule has 0 saturated carbocycles.